The fourth-order valence-electron chi connectivity index (χ4n) is 10.1. The van der Waals surface area contributed by atoms with Gasteiger partial charge < -0.3 is 14.5 Å². The molecule has 0 aromatic rings. The molecule has 33 heavy (non-hydrogen) atoms. The second-order valence-corrected chi connectivity index (χ2v) is 13.0. The Kier molecular flexibility index (Phi) is 3.67. The van der Waals surface area contributed by atoms with Crippen molar-refractivity contribution < 1.29 is 14.3 Å². The van der Waals surface area contributed by atoms with Gasteiger partial charge in [0.25, 0.3) is 0 Å². The van der Waals surface area contributed by atoms with Crippen molar-refractivity contribution in [2.45, 2.75) is 57.5 Å². The largest absolute Gasteiger partial charge is 0.449 e. The highest BCUT2D eigenvalue weighted by molar-refractivity contribution is 5.79. The van der Waals surface area contributed by atoms with E-state index in [2.05, 4.69) is 27.6 Å². The lowest BCUT2D eigenvalue weighted by Crippen LogP contribution is -2.44. The lowest BCUT2D eigenvalue weighted by molar-refractivity contribution is -0.136. The second-order valence-electron chi connectivity index (χ2n) is 13.0. The number of rotatable bonds is 3. The van der Waals surface area contributed by atoms with E-state index in [0.717, 1.165) is 69.1 Å². The van der Waals surface area contributed by atoms with E-state index < -0.39 is 0 Å². The maximum atomic E-state index is 13.2. The van der Waals surface area contributed by atoms with Gasteiger partial charge >= 0.3 is 6.09 Å². The Labute approximate surface area is 194 Å². The molecule has 8 heteroatoms. The maximum absolute atomic E-state index is 13.2. The summed E-state index contributed by atoms with van der Waals surface area (Å²) in [7, 11) is 0. The minimum absolute atomic E-state index is 0.0857. The number of fused-ring (bicyclic) bond motifs is 4. The molecule has 8 aliphatic rings. The average Bonchev–Trinajstić information content (AvgIpc) is 3.24. The van der Waals surface area contributed by atoms with E-state index in [1.165, 1.54) is 19.3 Å². The zero-order valence-corrected chi connectivity index (χ0v) is 19.5. The molecule has 0 radical (unpaired) electrons. The van der Waals surface area contributed by atoms with Crippen LogP contribution in [0.4, 0.5) is 4.79 Å². The van der Waals surface area contributed by atoms with E-state index in [0.29, 0.717) is 35.2 Å². The van der Waals surface area contributed by atoms with E-state index in [-0.39, 0.29) is 24.1 Å². The Bertz CT molecular complexity index is 942. The molecule has 178 valence electrons. The van der Waals surface area contributed by atoms with Gasteiger partial charge in [-0.3, -0.25) is 10.2 Å². The molecule has 0 bridgehead atoms. The fourth-order valence-corrected chi connectivity index (χ4v) is 10.1. The molecular weight excluding hydrogens is 418 g/mol. The predicted octanol–water partition coefficient (Wildman–Crippen LogP) is 2.70. The number of hydrogen-bond acceptors (Lipinski definition) is 6. The number of carbonyl (C=O) groups is 2. The van der Waals surface area contributed by atoms with Crippen LogP contribution in [0.2, 0.25) is 0 Å². The van der Waals surface area contributed by atoms with Crippen LogP contribution in [0.5, 0.6) is 0 Å². The summed E-state index contributed by atoms with van der Waals surface area (Å²) in [4.78, 5) is 30.1. The van der Waals surface area contributed by atoms with Crippen LogP contribution < -0.4 is 5.43 Å². The Morgan fingerprint density at radius 1 is 1.00 bits per heavy atom. The zero-order valence-electron chi connectivity index (χ0n) is 19.5. The molecule has 5 aliphatic carbocycles. The van der Waals surface area contributed by atoms with Gasteiger partial charge in [0.15, 0.2) is 0 Å². The Morgan fingerprint density at radius 2 is 1.76 bits per heavy atom. The number of carbonyl (C=O) groups excluding carboxylic acids is 2. The van der Waals surface area contributed by atoms with Crippen molar-refractivity contribution in [1.82, 2.24) is 15.2 Å². The van der Waals surface area contributed by atoms with Crippen LogP contribution in [0.3, 0.4) is 0 Å². The number of ether oxygens (including phenoxy) is 1. The average molecular weight is 454 g/mol. The molecule has 8 rings (SSSR count). The van der Waals surface area contributed by atoms with Crippen molar-refractivity contribution in [2.24, 2.45) is 62.6 Å². The molecule has 0 aromatic heterocycles. The maximum Gasteiger partial charge on any atom is 0.409 e. The van der Waals surface area contributed by atoms with Crippen LogP contribution in [-0.4, -0.2) is 66.7 Å². The smallest absolute Gasteiger partial charge is 0.409 e. The first-order valence-corrected chi connectivity index (χ1v) is 13.3. The molecular formula is C25H35N5O3. The van der Waals surface area contributed by atoms with Crippen molar-refractivity contribution in [2.75, 3.05) is 32.8 Å². The summed E-state index contributed by atoms with van der Waals surface area (Å²) in [5, 5.41) is 8.19. The number of amides is 2. The first kappa shape index (κ1) is 19.4. The van der Waals surface area contributed by atoms with E-state index >= 15 is 0 Å². The number of likely N-dealkylation sites (tertiary alicyclic amines) is 2. The Balaban J connectivity index is 0.845. The molecule has 11 unspecified atom stereocenters. The second kappa shape index (κ2) is 6.22. The normalized spacial score (nSPS) is 53.9. The molecule has 3 heterocycles. The highest BCUT2D eigenvalue weighted by Gasteiger charge is 2.87. The summed E-state index contributed by atoms with van der Waals surface area (Å²) in [6.45, 7) is 6.18. The van der Waals surface area contributed by atoms with E-state index in [9.17, 15) is 9.59 Å². The Hall–Kier alpha value is -1.86. The van der Waals surface area contributed by atoms with Crippen molar-refractivity contribution in [3.63, 3.8) is 0 Å². The highest BCUT2D eigenvalue weighted by Crippen LogP contribution is 2.91. The van der Waals surface area contributed by atoms with Crippen LogP contribution in [0.25, 0.3) is 0 Å². The monoisotopic (exact) mass is 453 g/mol. The molecule has 11 atom stereocenters. The number of nitrogens with zero attached hydrogens (tertiary/aromatic N) is 4. The van der Waals surface area contributed by atoms with Crippen molar-refractivity contribution in [3.8, 4) is 0 Å². The summed E-state index contributed by atoms with van der Waals surface area (Å²) < 4.78 is 5.98. The third-order valence-corrected chi connectivity index (χ3v) is 11.7. The third kappa shape index (κ3) is 2.48. The molecule has 8 nitrogen and oxygen atoms in total. The van der Waals surface area contributed by atoms with Gasteiger partial charge in [0.05, 0.1) is 18.7 Å². The van der Waals surface area contributed by atoms with E-state index in [4.69, 9.17) is 4.74 Å². The van der Waals surface area contributed by atoms with Gasteiger partial charge in [0.2, 0.25) is 5.91 Å². The summed E-state index contributed by atoms with van der Waals surface area (Å²) in [5.74, 6) is 4.77. The van der Waals surface area contributed by atoms with Gasteiger partial charge in [-0.2, -0.15) is 5.11 Å². The summed E-state index contributed by atoms with van der Waals surface area (Å²) in [6, 6.07) is 0.485. The van der Waals surface area contributed by atoms with Gasteiger partial charge in [-0.05, 0) is 67.6 Å². The fraction of sp³-hybridized carbons (Fsp3) is 0.920. The zero-order chi connectivity index (χ0) is 22.1. The summed E-state index contributed by atoms with van der Waals surface area (Å²) in [6.07, 6.45) is 6.65. The molecule has 7 fully saturated rings. The molecule has 3 aliphatic heterocycles. The van der Waals surface area contributed by atoms with Crippen molar-refractivity contribution >= 4 is 12.0 Å². The standard InChI is InChI=1S/C25H35N5O3/c1-24-11-25(17-4-3-16(24)20(24)21(17)25)12-33-23(32)30-9-14-7-29(8-15(14)10-30)22(31)13-2-5-18-19(6-13)27-28-26-18/h13-21H,2-12H2,1H3,(H,26,27). The SMILES string of the molecule is CC12CC3(COC(=O)N4CC5CN(C(=O)C6CCC7N=NNC7C6)CC5C4)C4CCC1C2C43. The molecule has 5 saturated carbocycles. The molecule has 2 amide bonds. The summed E-state index contributed by atoms with van der Waals surface area (Å²) in [5.41, 5.74) is 3.97. The lowest BCUT2D eigenvalue weighted by atomic mass is 9.82. The van der Waals surface area contributed by atoms with Crippen LogP contribution in [0.1, 0.15) is 45.4 Å². The van der Waals surface area contributed by atoms with Crippen LogP contribution in [-0.2, 0) is 9.53 Å². The quantitative estimate of drug-likeness (QED) is 0.712. The predicted molar refractivity (Wildman–Crippen MR) is 118 cm³/mol. The minimum Gasteiger partial charge on any atom is -0.449 e. The van der Waals surface area contributed by atoms with Gasteiger partial charge in [-0.1, -0.05) is 12.1 Å². The Morgan fingerprint density at radius 3 is 2.58 bits per heavy atom. The highest BCUT2D eigenvalue weighted by atomic mass is 16.6. The van der Waals surface area contributed by atoms with Gasteiger partial charge in [0, 0.05) is 49.3 Å². The first-order chi connectivity index (χ1) is 16.0. The summed E-state index contributed by atoms with van der Waals surface area (Å²) >= 11 is 0. The van der Waals surface area contributed by atoms with Crippen LogP contribution in [0, 0.1) is 52.3 Å². The number of nitrogens with one attached hydrogen (secondary N) is 1. The molecule has 0 aromatic carbocycles. The van der Waals surface area contributed by atoms with E-state index in [1.807, 2.05) is 4.90 Å². The van der Waals surface area contributed by atoms with Crippen molar-refractivity contribution in [3.05, 3.63) is 0 Å². The third-order valence-electron chi connectivity index (χ3n) is 11.7. The first-order valence-electron chi connectivity index (χ1n) is 13.3. The van der Waals surface area contributed by atoms with Crippen LogP contribution in [0.15, 0.2) is 10.3 Å². The van der Waals surface area contributed by atoms with Gasteiger partial charge in [-0.15, -0.1) is 0 Å². The molecule has 0 spiro atoms. The topological polar surface area (TPSA) is 86.6 Å². The van der Waals surface area contributed by atoms with Gasteiger partial charge in [0.1, 0.15) is 0 Å². The van der Waals surface area contributed by atoms with Crippen LogP contribution >= 0.6 is 0 Å². The molecule has 2 saturated heterocycles. The van der Waals surface area contributed by atoms with Gasteiger partial charge in [-0.25, -0.2) is 4.79 Å². The minimum atomic E-state index is -0.110. The number of hydrogen-bond donors (Lipinski definition) is 1. The molecule has 1 N–H and O–H groups in total. The van der Waals surface area contributed by atoms with E-state index in [1.54, 1.807) is 0 Å². The lowest BCUT2D eigenvalue weighted by Gasteiger charge is -2.31. The van der Waals surface area contributed by atoms with Crippen molar-refractivity contribution in [1.29, 1.82) is 0 Å².